The fourth-order valence-corrected chi connectivity index (χ4v) is 2.27. The van der Waals surface area contributed by atoms with Gasteiger partial charge in [0.15, 0.2) is 11.6 Å². The van der Waals surface area contributed by atoms with Gasteiger partial charge in [0.25, 0.3) is 0 Å². The van der Waals surface area contributed by atoms with Gasteiger partial charge in [-0.05, 0) is 30.9 Å². The molecule has 1 fully saturated rings. The Morgan fingerprint density at radius 1 is 1.41 bits per heavy atom. The highest BCUT2D eigenvalue weighted by atomic mass is 19.2. The van der Waals surface area contributed by atoms with Crippen LogP contribution in [0, 0.1) is 17.6 Å². The molecule has 5 heteroatoms. The fourth-order valence-electron chi connectivity index (χ4n) is 2.27. The van der Waals surface area contributed by atoms with E-state index in [1.807, 2.05) is 0 Å². The average Bonchev–Trinajstić information content (AvgIpc) is 2.22. The Morgan fingerprint density at radius 3 is 2.65 bits per heavy atom. The standard InChI is InChI=1S/C12H16F2N2O/c1-16(6-7-4-8(17)5-7)12-10(15)3-2-9(13)11(12)14/h2-3,7-8,17H,4-6,15H2,1H3. The molecule has 0 spiro atoms. The first-order valence-corrected chi connectivity index (χ1v) is 5.61. The van der Waals surface area contributed by atoms with Gasteiger partial charge in [-0.15, -0.1) is 0 Å². The van der Waals surface area contributed by atoms with Crippen LogP contribution in [-0.2, 0) is 0 Å². The Hall–Kier alpha value is -1.36. The number of nitrogens with two attached hydrogens (primary N) is 1. The summed E-state index contributed by atoms with van der Waals surface area (Å²) < 4.78 is 26.7. The van der Waals surface area contributed by atoms with E-state index in [0.29, 0.717) is 25.3 Å². The molecule has 1 aliphatic rings. The lowest BCUT2D eigenvalue weighted by molar-refractivity contribution is 0.0464. The van der Waals surface area contributed by atoms with Crippen LogP contribution < -0.4 is 10.6 Å². The molecule has 0 aliphatic heterocycles. The van der Waals surface area contributed by atoms with Crippen molar-refractivity contribution in [2.45, 2.75) is 18.9 Å². The van der Waals surface area contributed by atoms with Gasteiger partial charge in [0, 0.05) is 13.6 Å². The highest BCUT2D eigenvalue weighted by Gasteiger charge is 2.29. The van der Waals surface area contributed by atoms with Gasteiger partial charge in [-0.2, -0.15) is 0 Å². The molecule has 1 aliphatic carbocycles. The van der Waals surface area contributed by atoms with Crippen LogP contribution in [0.5, 0.6) is 0 Å². The second kappa shape index (κ2) is 4.49. The molecule has 0 atom stereocenters. The van der Waals surface area contributed by atoms with Crippen molar-refractivity contribution >= 4 is 11.4 Å². The molecule has 0 heterocycles. The molecule has 2 rings (SSSR count). The molecule has 94 valence electrons. The summed E-state index contributed by atoms with van der Waals surface area (Å²) in [4.78, 5) is 1.62. The highest BCUT2D eigenvalue weighted by molar-refractivity contribution is 5.68. The minimum Gasteiger partial charge on any atom is -0.397 e. The van der Waals surface area contributed by atoms with Crippen LogP contribution in [0.15, 0.2) is 12.1 Å². The first-order valence-electron chi connectivity index (χ1n) is 5.61. The minimum atomic E-state index is -0.910. The van der Waals surface area contributed by atoms with Crippen molar-refractivity contribution in [2.75, 3.05) is 24.2 Å². The lowest BCUT2D eigenvalue weighted by atomic mass is 9.82. The second-order valence-electron chi connectivity index (χ2n) is 4.67. The summed E-state index contributed by atoms with van der Waals surface area (Å²) in [6, 6.07) is 2.38. The molecule has 0 radical (unpaired) electrons. The van der Waals surface area contributed by atoms with Crippen LogP contribution in [0.4, 0.5) is 20.2 Å². The third kappa shape index (κ3) is 2.34. The molecule has 0 amide bonds. The van der Waals surface area contributed by atoms with E-state index >= 15 is 0 Å². The van der Waals surface area contributed by atoms with Gasteiger partial charge in [0.05, 0.1) is 17.5 Å². The van der Waals surface area contributed by atoms with Gasteiger partial charge >= 0.3 is 0 Å². The van der Waals surface area contributed by atoms with E-state index < -0.39 is 11.6 Å². The number of rotatable bonds is 3. The van der Waals surface area contributed by atoms with Gasteiger partial charge in [0.1, 0.15) is 0 Å². The summed E-state index contributed by atoms with van der Waals surface area (Å²) in [5, 5.41) is 9.18. The average molecular weight is 242 g/mol. The zero-order chi connectivity index (χ0) is 12.6. The van der Waals surface area contributed by atoms with E-state index in [9.17, 15) is 13.9 Å². The monoisotopic (exact) mass is 242 g/mol. The zero-order valence-electron chi connectivity index (χ0n) is 9.66. The van der Waals surface area contributed by atoms with Gasteiger partial charge in [-0.25, -0.2) is 8.78 Å². The first kappa shape index (κ1) is 12.1. The molecule has 17 heavy (non-hydrogen) atoms. The third-order valence-electron chi connectivity index (χ3n) is 3.22. The molecular formula is C12H16F2N2O. The van der Waals surface area contributed by atoms with E-state index in [1.165, 1.54) is 6.07 Å². The molecular weight excluding hydrogens is 226 g/mol. The number of anilines is 2. The Labute approximate surface area is 98.8 Å². The molecule has 1 aromatic carbocycles. The van der Waals surface area contributed by atoms with Gasteiger partial charge in [-0.3, -0.25) is 0 Å². The van der Waals surface area contributed by atoms with E-state index in [1.54, 1.807) is 11.9 Å². The lowest BCUT2D eigenvalue weighted by Crippen LogP contribution is -2.37. The topological polar surface area (TPSA) is 49.5 Å². The number of nitrogen functional groups attached to an aromatic ring is 1. The molecule has 0 bridgehead atoms. The van der Waals surface area contributed by atoms with Crippen molar-refractivity contribution in [2.24, 2.45) is 5.92 Å². The van der Waals surface area contributed by atoms with Crippen molar-refractivity contribution < 1.29 is 13.9 Å². The molecule has 1 saturated carbocycles. The number of halogens is 2. The summed E-state index contributed by atoms with van der Waals surface area (Å²) in [6.07, 6.45) is 1.17. The van der Waals surface area contributed by atoms with Crippen LogP contribution in [-0.4, -0.2) is 24.8 Å². The first-order chi connectivity index (χ1) is 7.99. The number of nitrogens with zero attached hydrogens (tertiary/aromatic N) is 1. The number of aliphatic hydroxyl groups excluding tert-OH is 1. The normalized spacial score (nSPS) is 23.3. The Kier molecular flexibility index (Phi) is 3.19. The van der Waals surface area contributed by atoms with E-state index in [0.717, 1.165) is 6.07 Å². The summed E-state index contributed by atoms with van der Waals surface area (Å²) in [5.41, 5.74) is 5.99. The zero-order valence-corrected chi connectivity index (χ0v) is 9.66. The van der Waals surface area contributed by atoms with E-state index in [4.69, 9.17) is 5.73 Å². The maximum atomic E-state index is 13.6. The van der Waals surface area contributed by atoms with Gasteiger partial charge < -0.3 is 15.7 Å². The highest BCUT2D eigenvalue weighted by Crippen LogP contribution is 2.32. The fraction of sp³-hybridized carbons (Fsp3) is 0.500. The lowest BCUT2D eigenvalue weighted by Gasteiger charge is -2.35. The molecule has 0 saturated heterocycles. The molecule has 3 N–H and O–H groups in total. The maximum absolute atomic E-state index is 13.6. The van der Waals surface area contributed by atoms with Crippen molar-refractivity contribution in [3.8, 4) is 0 Å². The largest absolute Gasteiger partial charge is 0.397 e. The number of aliphatic hydroxyl groups is 1. The van der Waals surface area contributed by atoms with E-state index in [-0.39, 0.29) is 17.5 Å². The quantitative estimate of drug-likeness (QED) is 0.794. The van der Waals surface area contributed by atoms with Crippen LogP contribution in [0.2, 0.25) is 0 Å². The molecule has 0 unspecified atom stereocenters. The Morgan fingerprint density at radius 2 is 2.06 bits per heavy atom. The third-order valence-corrected chi connectivity index (χ3v) is 3.22. The SMILES string of the molecule is CN(CC1CC(O)C1)c1c(N)ccc(F)c1F. The summed E-state index contributed by atoms with van der Waals surface area (Å²) in [5.74, 6) is -1.49. The number of benzene rings is 1. The minimum absolute atomic E-state index is 0.103. The van der Waals surface area contributed by atoms with Crippen molar-refractivity contribution in [1.29, 1.82) is 0 Å². The predicted molar refractivity (Wildman–Crippen MR) is 62.8 cm³/mol. The van der Waals surface area contributed by atoms with Crippen LogP contribution in [0.3, 0.4) is 0 Å². The number of hydrogen-bond donors (Lipinski definition) is 2. The van der Waals surface area contributed by atoms with Crippen molar-refractivity contribution in [3.63, 3.8) is 0 Å². The summed E-state index contributed by atoms with van der Waals surface area (Å²) in [6.45, 7) is 0.571. The van der Waals surface area contributed by atoms with Crippen LogP contribution in [0.1, 0.15) is 12.8 Å². The van der Waals surface area contributed by atoms with Gasteiger partial charge in [-0.1, -0.05) is 0 Å². The predicted octanol–water partition coefficient (Wildman–Crippen LogP) is 1.75. The Balaban J connectivity index is 2.13. The smallest absolute Gasteiger partial charge is 0.184 e. The second-order valence-corrected chi connectivity index (χ2v) is 4.67. The van der Waals surface area contributed by atoms with E-state index in [2.05, 4.69) is 0 Å². The summed E-state index contributed by atoms with van der Waals surface area (Å²) >= 11 is 0. The van der Waals surface area contributed by atoms with Crippen molar-refractivity contribution in [3.05, 3.63) is 23.8 Å². The molecule has 0 aromatic heterocycles. The van der Waals surface area contributed by atoms with Crippen molar-refractivity contribution in [1.82, 2.24) is 0 Å². The van der Waals surface area contributed by atoms with Crippen LogP contribution >= 0.6 is 0 Å². The molecule has 3 nitrogen and oxygen atoms in total. The van der Waals surface area contributed by atoms with Crippen LogP contribution in [0.25, 0.3) is 0 Å². The molecule has 1 aromatic rings. The number of hydrogen-bond acceptors (Lipinski definition) is 3. The maximum Gasteiger partial charge on any atom is 0.184 e. The Bertz CT molecular complexity index is 419. The summed E-state index contributed by atoms with van der Waals surface area (Å²) in [7, 11) is 1.68. The van der Waals surface area contributed by atoms with Gasteiger partial charge in [0.2, 0.25) is 0 Å².